The van der Waals surface area contributed by atoms with Crippen molar-refractivity contribution in [1.29, 1.82) is 0 Å². The first-order valence-corrected chi connectivity index (χ1v) is 8.86. The molecule has 0 spiro atoms. The van der Waals surface area contributed by atoms with E-state index in [1.54, 1.807) is 0 Å². The average molecular weight is 316 g/mol. The predicted octanol–water partition coefficient (Wildman–Crippen LogP) is 3.79. The lowest BCUT2D eigenvalue weighted by molar-refractivity contribution is 0.183. The van der Waals surface area contributed by atoms with Crippen LogP contribution < -0.4 is 0 Å². The molecule has 2 aromatic rings. The molecule has 126 valence electrons. The fraction of sp³-hybridized carbons (Fsp3) is 0.667. The van der Waals surface area contributed by atoms with Gasteiger partial charge in [0.2, 0.25) is 0 Å². The van der Waals surface area contributed by atoms with Crippen LogP contribution in [0.15, 0.2) is 16.8 Å². The number of hydrogen-bond donors (Lipinski definition) is 0. The van der Waals surface area contributed by atoms with Gasteiger partial charge >= 0.3 is 0 Å². The summed E-state index contributed by atoms with van der Waals surface area (Å²) in [6.45, 7) is 6.33. The molecule has 0 amide bonds. The van der Waals surface area contributed by atoms with E-state index in [9.17, 15) is 0 Å². The first-order valence-electron chi connectivity index (χ1n) is 8.86. The molecule has 0 unspecified atom stereocenters. The van der Waals surface area contributed by atoms with Crippen molar-refractivity contribution in [3.05, 3.63) is 35.0 Å². The van der Waals surface area contributed by atoms with Crippen LogP contribution in [0.5, 0.6) is 0 Å². The van der Waals surface area contributed by atoms with Gasteiger partial charge in [-0.25, -0.2) is 0 Å². The van der Waals surface area contributed by atoms with Gasteiger partial charge < -0.3 is 4.52 Å². The Hall–Kier alpha value is -1.62. The lowest BCUT2D eigenvalue weighted by Gasteiger charge is -2.28. The smallest absolute Gasteiger partial charge is 0.137 e. The van der Waals surface area contributed by atoms with E-state index in [0.29, 0.717) is 6.04 Å². The summed E-state index contributed by atoms with van der Waals surface area (Å²) in [5.41, 5.74) is 3.55. The van der Waals surface area contributed by atoms with Crippen LogP contribution in [0.4, 0.5) is 0 Å². The molecule has 0 N–H and O–H groups in total. The fourth-order valence-corrected chi connectivity index (χ4v) is 3.56. The fourth-order valence-electron chi connectivity index (χ4n) is 3.56. The minimum atomic E-state index is 0.367. The lowest BCUT2D eigenvalue weighted by Crippen LogP contribution is -2.28. The molecule has 0 aliphatic carbocycles. The topological polar surface area (TPSA) is 47.1 Å². The van der Waals surface area contributed by atoms with Gasteiger partial charge in [0.1, 0.15) is 11.5 Å². The Labute approximate surface area is 138 Å². The third kappa shape index (κ3) is 3.83. The summed E-state index contributed by atoms with van der Waals surface area (Å²) >= 11 is 0. The highest BCUT2D eigenvalue weighted by Crippen LogP contribution is 2.31. The first kappa shape index (κ1) is 16.2. The molecular weight excluding hydrogens is 288 g/mol. The summed E-state index contributed by atoms with van der Waals surface area (Å²) in [6.07, 6.45) is 9.21. The zero-order valence-corrected chi connectivity index (χ0v) is 14.6. The third-order valence-electron chi connectivity index (χ3n) is 4.77. The van der Waals surface area contributed by atoms with Crippen molar-refractivity contribution < 1.29 is 4.52 Å². The molecule has 3 rings (SSSR count). The predicted molar refractivity (Wildman–Crippen MR) is 90.1 cm³/mol. The van der Waals surface area contributed by atoms with Crippen LogP contribution in [0.25, 0.3) is 0 Å². The molecule has 0 saturated carbocycles. The number of likely N-dealkylation sites (tertiary alicyclic amines) is 1. The molecule has 1 fully saturated rings. The molecule has 23 heavy (non-hydrogen) atoms. The molecule has 1 aliphatic rings. The van der Waals surface area contributed by atoms with E-state index < -0.39 is 0 Å². The normalized spacial score (nSPS) is 19.9. The number of nitrogens with zero attached hydrogens (tertiary/aromatic N) is 4. The van der Waals surface area contributed by atoms with Crippen molar-refractivity contribution in [3.63, 3.8) is 0 Å². The van der Waals surface area contributed by atoms with Crippen molar-refractivity contribution in [2.24, 2.45) is 7.05 Å². The van der Waals surface area contributed by atoms with Gasteiger partial charge in [0.05, 0.1) is 11.7 Å². The Morgan fingerprint density at radius 3 is 2.91 bits per heavy atom. The van der Waals surface area contributed by atoms with E-state index in [2.05, 4.69) is 41.3 Å². The van der Waals surface area contributed by atoms with Crippen molar-refractivity contribution in [2.75, 3.05) is 6.54 Å². The van der Waals surface area contributed by atoms with Crippen LogP contribution in [-0.4, -0.2) is 26.4 Å². The summed E-state index contributed by atoms with van der Waals surface area (Å²) < 4.78 is 7.44. The van der Waals surface area contributed by atoms with Crippen molar-refractivity contribution >= 4 is 0 Å². The van der Waals surface area contributed by atoms with Gasteiger partial charge in [0, 0.05) is 37.8 Å². The van der Waals surface area contributed by atoms with Gasteiger partial charge in [-0.1, -0.05) is 24.9 Å². The molecule has 1 atom stereocenters. The minimum Gasteiger partial charge on any atom is -0.361 e. The van der Waals surface area contributed by atoms with E-state index in [0.717, 1.165) is 49.5 Å². The Kier molecular flexibility index (Phi) is 5.16. The van der Waals surface area contributed by atoms with Crippen molar-refractivity contribution in [2.45, 2.75) is 65.0 Å². The highest BCUT2D eigenvalue weighted by Gasteiger charge is 2.26. The molecule has 0 radical (unpaired) electrons. The standard InChI is InChI=1S/C18H28N4O/c1-4-8-16-11-17(20-23-16)18-9-6-5-7-10-22(18)13-15-12-21(3)19-14(15)2/h11-12,18H,4-10,13H2,1-3H3/t18-/m1/s1. The van der Waals surface area contributed by atoms with Crippen LogP contribution >= 0.6 is 0 Å². The second-order valence-electron chi connectivity index (χ2n) is 6.72. The van der Waals surface area contributed by atoms with Gasteiger partial charge in [-0.05, 0) is 32.7 Å². The van der Waals surface area contributed by atoms with E-state index >= 15 is 0 Å². The zero-order valence-electron chi connectivity index (χ0n) is 14.6. The maximum absolute atomic E-state index is 5.53. The summed E-state index contributed by atoms with van der Waals surface area (Å²) in [4.78, 5) is 2.56. The van der Waals surface area contributed by atoms with Gasteiger partial charge in [0.15, 0.2) is 0 Å². The Morgan fingerprint density at radius 1 is 1.30 bits per heavy atom. The summed E-state index contributed by atoms with van der Waals surface area (Å²) in [6, 6.07) is 2.54. The summed E-state index contributed by atoms with van der Waals surface area (Å²) in [5.74, 6) is 1.02. The Balaban J connectivity index is 1.80. The number of hydrogen-bond acceptors (Lipinski definition) is 4. The van der Waals surface area contributed by atoms with Crippen LogP contribution in [0, 0.1) is 6.92 Å². The zero-order chi connectivity index (χ0) is 16.2. The maximum Gasteiger partial charge on any atom is 0.137 e. The Bertz CT molecular complexity index is 631. The first-order chi connectivity index (χ1) is 11.2. The minimum absolute atomic E-state index is 0.367. The monoisotopic (exact) mass is 316 g/mol. The van der Waals surface area contributed by atoms with Gasteiger partial charge in [-0.2, -0.15) is 5.10 Å². The van der Waals surface area contributed by atoms with E-state index in [1.165, 1.54) is 24.8 Å². The van der Waals surface area contributed by atoms with E-state index in [4.69, 9.17) is 4.52 Å². The number of aryl methyl sites for hydroxylation is 3. The molecule has 3 heterocycles. The van der Waals surface area contributed by atoms with E-state index in [1.807, 2.05) is 11.7 Å². The molecule has 0 aromatic carbocycles. The van der Waals surface area contributed by atoms with Crippen LogP contribution in [-0.2, 0) is 20.0 Å². The number of rotatable bonds is 5. The molecule has 2 aromatic heterocycles. The van der Waals surface area contributed by atoms with Crippen molar-refractivity contribution in [1.82, 2.24) is 19.8 Å². The second kappa shape index (κ2) is 7.30. The highest BCUT2D eigenvalue weighted by atomic mass is 16.5. The SMILES string of the molecule is CCCc1cc([C@H]2CCCCCN2Cc2cn(C)nc2C)no1. The Morgan fingerprint density at radius 2 is 2.17 bits per heavy atom. The van der Waals surface area contributed by atoms with Crippen LogP contribution in [0.1, 0.15) is 67.8 Å². The highest BCUT2D eigenvalue weighted by molar-refractivity contribution is 5.17. The van der Waals surface area contributed by atoms with Gasteiger partial charge in [-0.15, -0.1) is 0 Å². The molecule has 5 heteroatoms. The van der Waals surface area contributed by atoms with Crippen molar-refractivity contribution in [3.8, 4) is 0 Å². The number of aromatic nitrogens is 3. The molecule has 5 nitrogen and oxygen atoms in total. The van der Waals surface area contributed by atoms with Gasteiger partial charge in [0.25, 0.3) is 0 Å². The molecule has 1 saturated heterocycles. The summed E-state index contributed by atoms with van der Waals surface area (Å²) in [7, 11) is 1.99. The summed E-state index contributed by atoms with van der Waals surface area (Å²) in [5, 5.41) is 8.86. The third-order valence-corrected chi connectivity index (χ3v) is 4.77. The lowest BCUT2D eigenvalue weighted by atomic mass is 10.1. The molecule has 1 aliphatic heterocycles. The van der Waals surface area contributed by atoms with Gasteiger partial charge in [-0.3, -0.25) is 9.58 Å². The average Bonchev–Trinajstić information content (AvgIpc) is 3.01. The van der Waals surface area contributed by atoms with E-state index in [-0.39, 0.29) is 0 Å². The molecule has 0 bridgehead atoms. The molecular formula is C18H28N4O. The maximum atomic E-state index is 5.53. The van der Waals surface area contributed by atoms with Crippen LogP contribution in [0.2, 0.25) is 0 Å². The van der Waals surface area contributed by atoms with Crippen LogP contribution in [0.3, 0.4) is 0 Å². The quantitative estimate of drug-likeness (QED) is 0.842. The largest absolute Gasteiger partial charge is 0.361 e. The second-order valence-corrected chi connectivity index (χ2v) is 6.72.